The van der Waals surface area contributed by atoms with E-state index in [9.17, 15) is 0 Å². The molecule has 0 radical (unpaired) electrons. The average molecular weight is 210 g/mol. The molecule has 86 valence electrons. The Bertz CT molecular complexity index is 305. The van der Waals surface area contributed by atoms with Gasteiger partial charge in [0.05, 0.1) is 17.2 Å². The van der Waals surface area contributed by atoms with Crippen LogP contribution in [0, 0.1) is 10.8 Å². The molecule has 0 unspecified atom stereocenters. The van der Waals surface area contributed by atoms with E-state index in [0.717, 1.165) is 11.4 Å². The maximum Gasteiger partial charge on any atom is 0.0942 e. The van der Waals surface area contributed by atoms with Crippen LogP contribution in [-0.4, -0.2) is 18.6 Å². The number of nitrogens with zero attached hydrogens (tertiary/aromatic N) is 1. The molecule has 0 saturated heterocycles. The predicted octanol–water partition coefficient (Wildman–Crippen LogP) is 1.88. The van der Waals surface area contributed by atoms with Crippen molar-refractivity contribution in [1.29, 1.82) is 5.41 Å². The Hall–Kier alpha value is -1.32. The zero-order valence-electron chi connectivity index (χ0n) is 10.5. The van der Waals surface area contributed by atoms with Gasteiger partial charge in [0, 0.05) is 18.2 Å². The van der Waals surface area contributed by atoms with Gasteiger partial charge >= 0.3 is 0 Å². The first kappa shape index (κ1) is 13.7. The fourth-order valence-corrected chi connectivity index (χ4v) is 1.39. The molecule has 0 fully saturated rings. The van der Waals surface area contributed by atoms with Gasteiger partial charge in [-0.1, -0.05) is 20.8 Å². The summed E-state index contributed by atoms with van der Waals surface area (Å²) in [6, 6.07) is 0. The monoisotopic (exact) mass is 210 g/mol. The number of rotatable bonds is 2. The molecular formula is C11H22N4. The molecule has 0 aromatic carbocycles. The number of nitrogens with two attached hydrogens (primary N) is 1. The van der Waals surface area contributed by atoms with Crippen LogP contribution in [0.5, 0.6) is 0 Å². The SMILES string of the molecule is CN=C(/C(N)=C(\C)NC(C)=N)C(C)(C)C. The number of hydrogen-bond donors (Lipinski definition) is 3. The van der Waals surface area contributed by atoms with Crippen LogP contribution in [0.4, 0.5) is 0 Å². The summed E-state index contributed by atoms with van der Waals surface area (Å²) < 4.78 is 0. The molecule has 4 nitrogen and oxygen atoms in total. The topological polar surface area (TPSA) is 74.3 Å². The Balaban J connectivity index is 5.12. The van der Waals surface area contributed by atoms with Crippen molar-refractivity contribution < 1.29 is 0 Å². The molecule has 0 aromatic rings. The lowest BCUT2D eigenvalue weighted by Gasteiger charge is -2.23. The van der Waals surface area contributed by atoms with Crippen LogP contribution in [-0.2, 0) is 0 Å². The minimum Gasteiger partial charge on any atom is -0.396 e. The minimum atomic E-state index is -0.0856. The average Bonchev–Trinajstić information content (AvgIpc) is 2.01. The first-order valence-electron chi connectivity index (χ1n) is 4.96. The summed E-state index contributed by atoms with van der Waals surface area (Å²) in [5.74, 6) is 0.375. The number of nitrogens with one attached hydrogen (secondary N) is 2. The van der Waals surface area contributed by atoms with E-state index in [1.165, 1.54) is 0 Å². The number of aliphatic imine (C=N–C) groups is 1. The molecule has 4 N–H and O–H groups in total. The van der Waals surface area contributed by atoms with Crippen molar-refractivity contribution in [3.63, 3.8) is 0 Å². The van der Waals surface area contributed by atoms with Crippen LogP contribution in [0.25, 0.3) is 0 Å². The van der Waals surface area contributed by atoms with Crippen LogP contribution in [0.3, 0.4) is 0 Å². The Morgan fingerprint density at radius 1 is 1.27 bits per heavy atom. The molecule has 0 heterocycles. The first-order chi connectivity index (χ1) is 6.70. The highest BCUT2D eigenvalue weighted by Crippen LogP contribution is 2.20. The molecule has 0 aliphatic rings. The van der Waals surface area contributed by atoms with E-state index in [-0.39, 0.29) is 5.41 Å². The van der Waals surface area contributed by atoms with Crippen molar-refractivity contribution in [2.24, 2.45) is 16.1 Å². The molecule has 0 aliphatic carbocycles. The lowest BCUT2D eigenvalue weighted by molar-refractivity contribution is 0.588. The van der Waals surface area contributed by atoms with Gasteiger partial charge in [-0.15, -0.1) is 0 Å². The van der Waals surface area contributed by atoms with Crippen molar-refractivity contribution in [2.75, 3.05) is 7.05 Å². The third kappa shape index (κ3) is 4.14. The van der Waals surface area contributed by atoms with Gasteiger partial charge in [0.2, 0.25) is 0 Å². The molecule has 4 heteroatoms. The van der Waals surface area contributed by atoms with Gasteiger partial charge in [-0.25, -0.2) is 0 Å². The van der Waals surface area contributed by atoms with Crippen molar-refractivity contribution in [2.45, 2.75) is 34.6 Å². The fourth-order valence-electron chi connectivity index (χ4n) is 1.39. The van der Waals surface area contributed by atoms with Crippen LogP contribution in [0.2, 0.25) is 0 Å². The first-order valence-corrected chi connectivity index (χ1v) is 4.96. The zero-order chi connectivity index (χ0) is 12.2. The molecular weight excluding hydrogens is 188 g/mol. The molecule has 0 aliphatic heterocycles. The van der Waals surface area contributed by atoms with Gasteiger partial charge in [-0.3, -0.25) is 10.4 Å². The van der Waals surface area contributed by atoms with Crippen LogP contribution >= 0.6 is 0 Å². The number of hydrogen-bond acceptors (Lipinski definition) is 3. The van der Waals surface area contributed by atoms with Crippen LogP contribution in [0.15, 0.2) is 16.4 Å². The van der Waals surface area contributed by atoms with E-state index in [0.29, 0.717) is 11.5 Å². The second-order valence-electron chi connectivity index (χ2n) is 4.61. The third-order valence-corrected chi connectivity index (χ3v) is 1.97. The molecule has 0 atom stereocenters. The molecule has 0 rings (SSSR count). The van der Waals surface area contributed by atoms with E-state index >= 15 is 0 Å². The smallest absolute Gasteiger partial charge is 0.0942 e. The maximum atomic E-state index is 7.33. The largest absolute Gasteiger partial charge is 0.396 e. The quantitative estimate of drug-likeness (QED) is 0.481. The second kappa shape index (κ2) is 4.96. The molecule has 0 spiro atoms. The lowest BCUT2D eigenvalue weighted by atomic mass is 9.87. The highest BCUT2D eigenvalue weighted by atomic mass is 15.0. The van der Waals surface area contributed by atoms with Crippen molar-refractivity contribution in [3.8, 4) is 0 Å². The summed E-state index contributed by atoms with van der Waals surface area (Å²) in [4.78, 5) is 4.21. The highest BCUT2D eigenvalue weighted by Gasteiger charge is 2.21. The zero-order valence-corrected chi connectivity index (χ0v) is 10.5. The summed E-state index contributed by atoms with van der Waals surface area (Å²) in [5, 5.41) is 10.2. The maximum absolute atomic E-state index is 7.33. The van der Waals surface area contributed by atoms with Gasteiger partial charge in [0.25, 0.3) is 0 Å². The van der Waals surface area contributed by atoms with E-state index in [4.69, 9.17) is 11.1 Å². The van der Waals surface area contributed by atoms with Gasteiger partial charge in [0.1, 0.15) is 0 Å². The molecule has 15 heavy (non-hydrogen) atoms. The summed E-state index contributed by atoms with van der Waals surface area (Å²) >= 11 is 0. The summed E-state index contributed by atoms with van der Waals surface area (Å²) in [7, 11) is 1.73. The molecule has 0 bridgehead atoms. The molecule has 0 saturated carbocycles. The molecule has 0 aromatic heterocycles. The second-order valence-corrected chi connectivity index (χ2v) is 4.61. The standard InChI is InChI=1S/C11H22N4/c1-7(15-8(2)12)9(13)10(14-6)11(3,4)5/h13H2,1-6H3,(H2,12,15)/b9-7-,14-10?. The summed E-state index contributed by atoms with van der Waals surface area (Å²) in [6.07, 6.45) is 0. The summed E-state index contributed by atoms with van der Waals surface area (Å²) in [6.45, 7) is 9.72. The van der Waals surface area contributed by atoms with Crippen molar-refractivity contribution in [3.05, 3.63) is 11.4 Å². The Morgan fingerprint density at radius 2 is 1.73 bits per heavy atom. The normalized spacial score (nSPS) is 14.7. The minimum absolute atomic E-state index is 0.0856. The van der Waals surface area contributed by atoms with Gasteiger partial charge in [-0.05, 0) is 13.8 Å². The summed E-state index contributed by atoms with van der Waals surface area (Å²) in [5.41, 5.74) is 8.16. The van der Waals surface area contributed by atoms with Crippen LogP contribution in [0.1, 0.15) is 34.6 Å². The van der Waals surface area contributed by atoms with E-state index < -0.39 is 0 Å². The van der Waals surface area contributed by atoms with E-state index in [2.05, 4.69) is 31.1 Å². The van der Waals surface area contributed by atoms with E-state index in [1.807, 2.05) is 6.92 Å². The van der Waals surface area contributed by atoms with Gasteiger partial charge < -0.3 is 11.1 Å². The number of amidine groups is 1. The third-order valence-electron chi connectivity index (χ3n) is 1.97. The highest BCUT2D eigenvalue weighted by molar-refractivity contribution is 6.03. The Morgan fingerprint density at radius 3 is 2.00 bits per heavy atom. The predicted molar refractivity (Wildman–Crippen MR) is 66.2 cm³/mol. The number of allylic oxidation sites excluding steroid dienone is 2. The van der Waals surface area contributed by atoms with Crippen molar-refractivity contribution >= 4 is 11.5 Å². The Labute approximate surface area is 92.2 Å². The fraction of sp³-hybridized carbons (Fsp3) is 0.636. The van der Waals surface area contributed by atoms with Crippen molar-refractivity contribution in [1.82, 2.24) is 5.32 Å². The lowest BCUT2D eigenvalue weighted by Crippen LogP contribution is -2.31. The van der Waals surface area contributed by atoms with Gasteiger partial charge in [-0.2, -0.15) is 0 Å². The Kier molecular flexibility index (Phi) is 4.52. The van der Waals surface area contributed by atoms with E-state index in [1.54, 1.807) is 14.0 Å². The van der Waals surface area contributed by atoms with Gasteiger partial charge in [0.15, 0.2) is 0 Å². The molecule has 0 amide bonds. The van der Waals surface area contributed by atoms with Crippen LogP contribution < -0.4 is 11.1 Å².